The van der Waals surface area contributed by atoms with Crippen LogP contribution in [-0.4, -0.2) is 23.5 Å². The van der Waals surface area contributed by atoms with E-state index in [2.05, 4.69) is 4.74 Å². The second-order valence-electron chi connectivity index (χ2n) is 4.78. The number of ether oxygens (including phenoxy) is 1. The van der Waals surface area contributed by atoms with E-state index < -0.39 is 36.3 Å². The molecule has 0 saturated carbocycles. The van der Waals surface area contributed by atoms with Crippen molar-refractivity contribution in [3.05, 3.63) is 71.8 Å². The maximum Gasteiger partial charge on any atom is 0.321 e. The van der Waals surface area contributed by atoms with Gasteiger partial charge in [-0.25, -0.2) is 0 Å². The first-order valence-corrected chi connectivity index (χ1v) is 6.96. The number of carbonyl (C=O) groups is 4. The van der Waals surface area contributed by atoms with E-state index in [0.29, 0.717) is 11.1 Å². The van der Waals surface area contributed by atoms with Gasteiger partial charge >= 0.3 is 11.9 Å². The van der Waals surface area contributed by atoms with E-state index in [9.17, 15) is 19.2 Å². The number of ketones is 2. The highest BCUT2D eigenvalue weighted by atomic mass is 16.6. The highest BCUT2D eigenvalue weighted by Gasteiger charge is 2.19. The zero-order valence-corrected chi connectivity index (χ0v) is 12.2. The predicted octanol–water partition coefficient (Wildman–Crippen LogP) is 2.60. The van der Waals surface area contributed by atoms with Crippen LogP contribution in [0.3, 0.4) is 0 Å². The van der Waals surface area contributed by atoms with Crippen LogP contribution in [0, 0.1) is 0 Å². The van der Waals surface area contributed by atoms with Gasteiger partial charge in [0.15, 0.2) is 11.6 Å². The van der Waals surface area contributed by atoms with E-state index >= 15 is 0 Å². The summed E-state index contributed by atoms with van der Waals surface area (Å²) >= 11 is 0. The largest absolute Gasteiger partial charge is 0.392 e. The summed E-state index contributed by atoms with van der Waals surface area (Å²) in [5.74, 6) is -2.83. The average Bonchev–Trinajstić information content (AvgIpc) is 2.56. The Kier molecular flexibility index (Phi) is 5.52. The Morgan fingerprint density at radius 3 is 1.30 bits per heavy atom. The van der Waals surface area contributed by atoms with Crippen molar-refractivity contribution in [2.24, 2.45) is 0 Å². The Morgan fingerprint density at radius 1 is 0.609 bits per heavy atom. The third kappa shape index (κ3) is 5.00. The van der Waals surface area contributed by atoms with Crippen LogP contribution >= 0.6 is 0 Å². The smallest absolute Gasteiger partial charge is 0.321 e. The first-order chi connectivity index (χ1) is 11.1. The number of hydrogen-bond donors (Lipinski definition) is 0. The fourth-order valence-corrected chi connectivity index (χ4v) is 1.91. The molecule has 23 heavy (non-hydrogen) atoms. The normalized spacial score (nSPS) is 9.91. The van der Waals surface area contributed by atoms with Crippen LogP contribution in [0.1, 0.15) is 33.6 Å². The van der Waals surface area contributed by atoms with Gasteiger partial charge in [0.2, 0.25) is 0 Å². The number of Topliss-reactive ketones (excluding diaryl/α,β-unsaturated/α-hetero) is 2. The molecule has 0 amide bonds. The van der Waals surface area contributed by atoms with Crippen LogP contribution in [0.2, 0.25) is 0 Å². The van der Waals surface area contributed by atoms with Crippen molar-refractivity contribution in [3.8, 4) is 0 Å². The quantitative estimate of drug-likeness (QED) is 0.465. The Hall–Kier alpha value is -3.08. The lowest BCUT2D eigenvalue weighted by Gasteiger charge is -2.03. The molecule has 5 heteroatoms. The van der Waals surface area contributed by atoms with Crippen molar-refractivity contribution < 1.29 is 23.9 Å². The van der Waals surface area contributed by atoms with Gasteiger partial charge in [0.05, 0.1) is 0 Å². The summed E-state index contributed by atoms with van der Waals surface area (Å²) < 4.78 is 4.52. The number of esters is 2. The monoisotopic (exact) mass is 310 g/mol. The van der Waals surface area contributed by atoms with Gasteiger partial charge in [-0.15, -0.1) is 0 Å². The molecule has 2 aromatic rings. The molecule has 0 bridgehead atoms. The van der Waals surface area contributed by atoms with Crippen molar-refractivity contribution in [1.29, 1.82) is 0 Å². The Bertz CT molecular complexity index is 656. The van der Waals surface area contributed by atoms with Gasteiger partial charge in [0.25, 0.3) is 0 Å². The highest BCUT2D eigenvalue weighted by molar-refractivity contribution is 6.10. The van der Waals surface area contributed by atoms with E-state index in [4.69, 9.17) is 0 Å². The molecule has 0 saturated heterocycles. The summed E-state index contributed by atoms with van der Waals surface area (Å²) in [4.78, 5) is 46.8. The summed E-state index contributed by atoms with van der Waals surface area (Å²) in [6.07, 6.45) is -1.09. The van der Waals surface area contributed by atoms with Gasteiger partial charge in [0.1, 0.15) is 12.8 Å². The second-order valence-corrected chi connectivity index (χ2v) is 4.78. The van der Waals surface area contributed by atoms with E-state index in [1.807, 2.05) is 0 Å². The van der Waals surface area contributed by atoms with Crippen LogP contribution in [0.25, 0.3) is 0 Å². The van der Waals surface area contributed by atoms with Gasteiger partial charge < -0.3 is 4.74 Å². The molecule has 0 aliphatic carbocycles. The average molecular weight is 310 g/mol. The molecule has 5 nitrogen and oxygen atoms in total. The molecule has 0 aromatic heterocycles. The van der Waals surface area contributed by atoms with Crippen LogP contribution in [0.5, 0.6) is 0 Å². The summed E-state index contributed by atoms with van der Waals surface area (Å²) in [6, 6.07) is 16.4. The molecule has 0 aliphatic heterocycles. The van der Waals surface area contributed by atoms with Gasteiger partial charge in [-0.2, -0.15) is 0 Å². The molecule has 0 N–H and O–H groups in total. The molecule has 0 radical (unpaired) electrons. The van der Waals surface area contributed by atoms with E-state index in [1.165, 1.54) is 0 Å². The fourth-order valence-electron chi connectivity index (χ4n) is 1.91. The molecule has 0 spiro atoms. The van der Waals surface area contributed by atoms with E-state index in [0.717, 1.165) is 0 Å². The summed E-state index contributed by atoms with van der Waals surface area (Å²) in [6.45, 7) is 0. The third-order valence-corrected chi connectivity index (χ3v) is 3.03. The van der Waals surface area contributed by atoms with Crippen molar-refractivity contribution in [2.45, 2.75) is 12.8 Å². The minimum absolute atomic E-state index is 0.359. The molecule has 0 aliphatic rings. The molecule has 2 rings (SSSR count). The lowest BCUT2D eigenvalue weighted by Crippen LogP contribution is -2.18. The SMILES string of the molecule is O=C(CC(=O)c1ccccc1)OC(=O)CC(=O)c1ccccc1. The first kappa shape index (κ1) is 16.3. The number of rotatable bonds is 6. The molecule has 116 valence electrons. The number of carbonyl (C=O) groups excluding carboxylic acids is 4. The Morgan fingerprint density at radius 2 is 0.957 bits per heavy atom. The zero-order chi connectivity index (χ0) is 16.7. The van der Waals surface area contributed by atoms with Gasteiger partial charge in [-0.05, 0) is 0 Å². The van der Waals surface area contributed by atoms with Crippen molar-refractivity contribution in [2.75, 3.05) is 0 Å². The minimum atomic E-state index is -0.968. The van der Waals surface area contributed by atoms with Gasteiger partial charge in [0, 0.05) is 11.1 Å². The van der Waals surface area contributed by atoms with E-state index in [-0.39, 0.29) is 0 Å². The number of hydrogen-bond acceptors (Lipinski definition) is 5. The molecule has 0 fully saturated rings. The predicted molar refractivity (Wildman–Crippen MR) is 81.9 cm³/mol. The first-order valence-electron chi connectivity index (χ1n) is 6.96. The van der Waals surface area contributed by atoms with Crippen LogP contribution in [0.4, 0.5) is 0 Å². The lowest BCUT2D eigenvalue weighted by atomic mass is 10.1. The summed E-state index contributed by atoms with van der Waals surface area (Å²) in [7, 11) is 0. The molecular formula is C18H14O5. The minimum Gasteiger partial charge on any atom is -0.392 e. The third-order valence-electron chi connectivity index (χ3n) is 3.03. The van der Waals surface area contributed by atoms with Gasteiger partial charge in [-0.3, -0.25) is 19.2 Å². The zero-order valence-electron chi connectivity index (χ0n) is 12.2. The summed E-state index contributed by atoms with van der Waals surface area (Å²) in [5, 5.41) is 0. The van der Waals surface area contributed by atoms with E-state index in [1.54, 1.807) is 60.7 Å². The molecule has 0 heterocycles. The highest BCUT2D eigenvalue weighted by Crippen LogP contribution is 2.06. The maximum absolute atomic E-state index is 11.8. The second kappa shape index (κ2) is 7.79. The Balaban J connectivity index is 1.84. The molecular weight excluding hydrogens is 296 g/mol. The summed E-state index contributed by atoms with van der Waals surface area (Å²) in [5.41, 5.74) is 0.717. The Labute approximate surface area is 132 Å². The van der Waals surface area contributed by atoms with Crippen molar-refractivity contribution >= 4 is 23.5 Å². The lowest BCUT2D eigenvalue weighted by molar-refractivity contribution is -0.158. The van der Waals surface area contributed by atoms with Crippen LogP contribution in [-0.2, 0) is 14.3 Å². The van der Waals surface area contributed by atoms with Crippen LogP contribution in [0.15, 0.2) is 60.7 Å². The number of benzene rings is 2. The fraction of sp³-hybridized carbons (Fsp3) is 0.111. The van der Waals surface area contributed by atoms with Gasteiger partial charge in [-0.1, -0.05) is 60.7 Å². The molecule has 0 unspecified atom stereocenters. The topological polar surface area (TPSA) is 77.5 Å². The van der Waals surface area contributed by atoms with Crippen LogP contribution < -0.4 is 0 Å². The molecule has 0 atom stereocenters. The maximum atomic E-state index is 11.8. The van der Waals surface area contributed by atoms with Crippen molar-refractivity contribution in [1.82, 2.24) is 0 Å². The standard InChI is InChI=1S/C18H14O5/c19-15(13-7-3-1-4-8-13)11-17(21)23-18(22)12-16(20)14-9-5-2-6-10-14/h1-10H,11-12H2. The molecule has 2 aromatic carbocycles. The van der Waals surface area contributed by atoms with Crippen molar-refractivity contribution in [3.63, 3.8) is 0 Å².